The minimum absolute atomic E-state index is 0.0436. The summed E-state index contributed by atoms with van der Waals surface area (Å²) in [5.41, 5.74) is 6.80. The van der Waals surface area contributed by atoms with Gasteiger partial charge in [-0.05, 0) is 36.4 Å². The third-order valence-corrected chi connectivity index (χ3v) is 3.75. The van der Waals surface area contributed by atoms with Crippen LogP contribution in [0.2, 0.25) is 5.02 Å². The van der Waals surface area contributed by atoms with Crippen molar-refractivity contribution >= 4 is 33.4 Å². The first-order valence-electron chi connectivity index (χ1n) is 6.33. The lowest BCUT2D eigenvalue weighted by molar-refractivity contribution is 0.0990. The van der Waals surface area contributed by atoms with Crippen LogP contribution in [0.5, 0.6) is 0 Å². The monoisotopic (exact) mass is 376 g/mol. The Balaban J connectivity index is 2.20. The first-order chi connectivity index (χ1) is 10.5. The molecule has 0 aliphatic rings. The Hall–Kier alpha value is -2.18. The molecule has 3 rings (SSSR count). The largest absolute Gasteiger partial charge is 0.363 e. The average molecular weight is 378 g/mol. The molecule has 110 valence electrons. The molecule has 7 heteroatoms. The number of carbonyl (C=O) groups excluding carboxylic acids is 1. The van der Waals surface area contributed by atoms with Crippen LogP contribution < -0.4 is 5.73 Å². The molecule has 1 aromatic heterocycles. The molecule has 5 nitrogen and oxygen atoms in total. The van der Waals surface area contributed by atoms with E-state index < -0.39 is 5.91 Å². The van der Waals surface area contributed by atoms with E-state index in [9.17, 15) is 4.79 Å². The van der Waals surface area contributed by atoms with Gasteiger partial charge in [0, 0.05) is 15.1 Å². The van der Waals surface area contributed by atoms with Crippen LogP contribution in [0.3, 0.4) is 0 Å². The van der Waals surface area contributed by atoms with E-state index in [2.05, 4.69) is 26.0 Å². The molecule has 0 unspecified atom stereocenters. The van der Waals surface area contributed by atoms with Gasteiger partial charge in [0.2, 0.25) is 5.82 Å². The van der Waals surface area contributed by atoms with Crippen molar-refractivity contribution in [2.75, 3.05) is 0 Å². The molecule has 0 fully saturated rings. The van der Waals surface area contributed by atoms with E-state index in [1.807, 2.05) is 36.4 Å². The Morgan fingerprint density at radius 1 is 1.18 bits per heavy atom. The van der Waals surface area contributed by atoms with Crippen molar-refractivity contribution in [2.24, 2.45) is 5.73 Å². The molecule has 2 N–H and O–H groups in total. The zero-order valence-corrected chi connectivity index (χ0v) is 13.5. The van der Waals surface area contributed by atoms with Gasteiger partial charge < -0.3 is 5.73 Å². The number of nitrogens with two attached hydrogens (primary N) is 1. The number of benzene rings is 2. The van der Waals surface area contributed by atoms with Gasteiger partial charge in [0.25, 0.3) is 5.91 Å². The number of primary amides is 1. The average Bonchev–Trinajstić information content (AvgIpc) is 2.93. The van der Waals surface area contributed by atoms with Crippen molar-refractivity contribution in [3.63, 3.8) is 0 Å². The second-order valence-electron chi connectivity index (χ2n) is 4.52. The van der Waals surface area contributed by atoms with Crippen LogP contribution in [0.1, 0.15) is 10.6 Å². The van der Waals surface area contributed by atoms with Crippen LogP contribution in [-0.2, 0) is 0 Å². The summed E-state index contributed by atoms with van der Waals surface area (Å²) in [4.78, 5) is 15.6. The third-order valence-electron chi connectivity index (χ3n) is 2.98. The lowest BCUT2D eigenvalue weighted by Gasteiger charge is -2.06. The Morgan fingerprint density at radius 2 is 1.91 bits per heavy atom. The first-order valence-corrected chi connectivity index (χ1v) is 7.50. The predicted octanol–water partition coefficient (Wildman–Crippen LogP) is 3.45. The number of hydrogen-bond acceptors (Lipinski definition) is 3. The van der Waals surface area contributed by atoms with Crippen LogP contribution in [0, 0.1) is 0 Å². The molecule has 0 atom stereocenters. The molecule has 0 bridgehead atoms. The van der Waals surface area contributed by atoms with Gasteiger partial charge in [0.1, 0.15) is 0 Å². The van der Waals surface area contributed by atoms with E-state index in [4.69, 9.17) is 17.3 Å². The minimum Gasteiger partial charge on any atom is -0.363 e. The lowest BCUT2D eigenvalue weighted by atomic mass is 10.2. The van der Waals surface area contributed by atoms with Gasteiger partial charge >= 0.3 is 0 Å². The van der Waals surface area contributed by atoms with Crippen molar-refractivity contribution in [1.82, 2.24) is 14.8 Å². The molecule has 0 saturated carbocycles. The number of halogens is 2. The van der Waals surface area contributed by atoms with Gasteiger partial charge in [-0.15, -0.1) is 5.10 Å². The van der Waals surface area contributed by atoms with Crippen LogP contribution >= 0.6 is 27.5 Å². The predicted molar refractivity (Wildman–Crippen MR) is 88.0 cm³/mol. The van der Waals surface area contributed by atoms with Gasteiger partial charge in [0.15, 0.2) is 5.82 Å². The number of nitrogens with zero attached hydrogens (tertiary/aromatic N) is 3. The summed E-state index contributed by atoms with van der Waals surface area (Å²) < 4.78 is 2.51. The number of hydrogen-bond donors (Lipinski definition) is 1. The summed E-state index contributed by atoms with van der Waals surface area (Å²) >= 11 is 9.41. The minimum atomic E-state index is -0.681. The Kier molecular flexibility index (Phi) is 3.96. The molecule has 0 aliphatic heterocycles. The molecular formula is C15H10BrClN4O. The van der Waals surface area contributed by atoms with Crippen molar-refractivity contribution in [3.8, 4) is 17.1 Å². The fourth-order valence-electron chi connectivity index (χ4n) is 1.99. The van der Waals surface area contributed by atoms with E-state index >= 15 is 0 Å². The maximum atomic E-state index is 11.4. The highest BCUT2D eigenvalue weighted by Crippen LogP contribution is 2.24. The summed E-state index contributed by atoms with van der Waals surface area (Å²) in [7, 11) is 0. The summed E-state index contributed by atoms with van der Waals surface area (Å²) in [5.74, 6) is -0.226. The molecule has 0 radical (unpaired) electrons. The quantitative estimate of drug-likeness (QED) is 0.759. The van der Waals surface area contributed by atoms with Crippen molar-refractivity contribution in [1.29, 1.82) is 0 Å². The molecule has 22 heavy (non-hydrogen) atoms. The third kappa shape index (κ3) is 2.88. The van der Waals surface area contributed by atoms with Crippen molar-refractivity contribution in [2.45, 2.75) is 0 Å². The van der Waals surface area contributed by atoms with Gasteiger partial charge in [-0.1, -0.05) is 39.7 Å². The zero-order chi connectivity index (χ0) is 15.7. The Bertz CT molecular complexity index is 845. The van der Waals surface area contributed by atoms with Crippen LogP contribution in [0.4, 0.5) is 0 Å². The fourth-order valence-corrected chi connectivity index (χ4v) is 2.45. The van der Waals surface area contributed by atoms with E-state index in [1.54, 1.807) is 16.8 Å². The summed E-state index contributed by atoms with van der Waals surface area (Å²) in [6.45, 7) is 0. The summed E-state index contributed by atoms with van der Waals surface area (Å²) in [6.07, 6.45) is 0. The van der Waals surface area contributed by atoms with E-state index in [-0.39, 0.29) is 5.82 Å². The molecule has 3 aromatic rings. The molecule has 1 heterocycles. The van der Waals surface area contributed by atoms with Gasteiger partial charge in [0.05, 0.1) is 5.69 Å². The van der Waals surface area contributed by atoms with Gasteiger partial charge in [-0.3, -0.25) is 4.79 Å². The summed E-state index contributed by atoms with van der Waals surface area (Å²) in [6, 6.07) is 14.6. The van der Waals surface area contributed by atoms with Crippen LogP contribution in [-0.4, -0.2) is 20.7 Å². The van der Waals surface area contributed by atoms with E-state index in [1.165, 1.54) is 0 Å². The normalized spacial score (nSPS) is 10.6. The number of rotatable bonds is 3. The van der Waals surface area contributed by atoms with Crippen LogP contribution in [0.25, 0.3) is 17.1 Å². The summed E-state index contributed by atoms with van der Waals surface area (Å²) in [5, 5.41) is 4.76. The lowest BCUT2D eigenvalue weighted by Crippen LogP contribution is -2.13. The Labute approximate surface area is 139 Å². The first kappa shape index (κ1) is 14.7. The SMILES string of the molecule is NC(=O)c1nc(-c2cccc(Cl)c2)n(-c2ccc(Br)cc2)n1. The maximum absolute atomic E-state index is 11.4. The van der Waals surface area contributed by atoms with Crippen molar-refractivity contribution < 1.29 is 4.79 Å². The molecular weight excluding hydrogens is 368 g/mol. The maximum Gasteiger partial charge on any atom is 0.288 e. The molecule has 1 amide bonds. The molecule has 0 aliphatic carbocycles. The highest BCUT2D eigenvalue weighted by atomic mass is 79.9. The second kappa shape index (κ2) is 5.90. The standard InChI is InChI=1S/C15H10BrClN4O/c16-10-4-6-12(7-5-10)21-15(19-14(20-21)13(18)22)9-2-1-3-11(17)8-9/h1-8H,(H2,18,22). The number of amides is 1. The van der Waals surface area contributed by atoms with Crippen molar-refractivity contribution in [3.05, 3.63) is 63.9 Å². The van der Waals surface area contributed by atoms with Gasteiger partial charge in [-0.2, -0.15) is 0 Å². The highest BCUT2D eigenvalue weighted by molar-refractivity contribution is 9.10. The number of carbonyl (C=O) groups is 1. The van der Waals surface area contributed by atoms with Gasteiger partial charge in [-0.25, -0.2) is 9.67 Å². The fraction of sp³-hybridized carbons (Fsp3) is 0. The van der Waals surface area contributed by atoms with E-state index in [0.717, 1.165) is 15.7 Å². The molecule has 0 spiro atoms. The Morgan fingerprint density at radius 3 is 2.55 bits per heavy atom. The highest BCUT2D eigenvalue weighted by Gasteiger charge is 2.16. The zero-order valence-electron chi connectivity index (χ0n) is 11.2. The molecule has 0 saturated heterocycles. The van der Waals surface area contributed by atoms with E-state index in [0.29, 0.717) is 10.8 Å². The second-order valence-corrected chi connectivity index (χ2v) is 5.87. The topological polar surface area (TPSA) is 73.8 Å². The molecule has 2 aromatic carbocycles. The van der Waals surface area contributed by atoms with Crippen LogP contribution in [0.15, 0.2) is 53.0 Å². The number of aromatic nitrogens is 3. The smallest absolute Gasteiger partial charge is 0.288 e.